The molecule has 7 heteroatoms. The van der Waals surface area contributed by atoms with E-state index in [0.29, 0.717) is 17.2 Å². The molecular weight excluding hydrogens is 355 g/mol. The number of aromatic nitrogens is 2. The molecule has 1 unspecified atom stereocenters. The van der Waals surface area contributed by atoms with Crippen molar-refractivity contribution < 1.29 is 9.29 Å². The first-order valence-corrected chi connectivity index (χ1v) is 9.19. The molecule has 2 N–H and O–H groups in total. The Morgan fingerprint density at radius 3 is 2.72 bits per heavy atom. The highest BCUT2D eigenvalue weighted by molar-refractivity contribution is 7.73. The summed E-state index contributed by atoms with van der Waals surface area (Å²) in [6.07, 6.45) is 0. The van der Waals surface area contributed by atoms with Gasteiger partial charge in [0.1, 0.15) is 12.4 Å². The molecule has 0 radical (unpaired) electrons. The number of benzene rings is 2. The van der Waals surface area contributed by atoms with Gasteiger partial charge in [0.15, 0.2) is 10.6 Å². The van der Waals surface area contributed by atoms with Gasteiger partial charge in [0.2, 0.25) is 5.13 Å². The monoisotopic (exact) mass is 375 g/mol. The number of halogens is 1. The van der Waals surface area contributed by atoms with E-state index < -0.39 is 0 Å². The van der Waals surface area contributed by atoms with Crippen LogP contribution in [-0.2, 0) is 13.2 Å². The van der Waals surface area contributed by atoms with Gasteiger partial charge in [0, 0.05) is 11.3 Å². The molecule has 0 amide bonds. The standard InChI is InChI=1S/C18H19FN4S2/c1-13-6-8-16(9-7-13)20-17-21-23(18(24)25-17)12-22(2)11-14-4-3-5-15(19)10-14/h3-10H,11-12H2,1-2H3,(H,20,21)/p+1. The lowest BCUT2D eigenvalue weighted by atomic mass is 10.2. The fraction of sp³-hybridized carbons (Fsp3) is 0.222. The number of nitrogens with one attached hydrogen (secondary N) is 2. The first kappa shape index (κ1) is 17.7. The maximum atomic E-state index is 13.3. The smallest absolute Gasteiger partial charge is 0.209 e. The molecule has 0 saturated heterocycles. The molecular formula is C18H20FN4S2+. The fourth-order valence-electron chi connectivity index (χ4n) is 2.52. The molecule has 3 rings (SSSR count). The van der Waals surface area contributed by atoms with E-state index >= 15 is 0 Å². The minimum Gasteiger partial charge on any atom is -0.330 e. The zero-order valence-corrected chi connectivity index (χ0v) is 15.8. The van der Waals surface area contributed by atoms with Crippen LogP contribution in [0.2, 0.25) is 0 Å². The summed E-state index contributed by atoms with van der Waals surface area (Å²) in [5.74, 6) is -0.208. The van der Waals surface area contributed by atoms with E-state index in [1.54, 1.807) is 12.1 Å². The van der Waals surface area contributed by atoms with Gasteiger partial charge < -0.3 is 10.2 Å². The van der Waals surface area contributed by atoms with Crippen molar-refractivity contribution in [2.24, 2.45) is 0 Å². The van der Waals surface area contributed by atoms with E-state index in [4.69, 9.17) is 12.2 Å². The molecule has 0 fully saturated rings. The molecule has 0 aliphatic heterocycles. The molecule has 0 bridgehead atoms. The Balaban J connectivity index is 1.65. The highest BCUT2D eigenvalue weighted by Gasteiger charge is 2.10. The maximum Gasteiger partial charge on any atom is 0.209 e. The number of hydrogen-bond donors (Lipinski definition) is 2. The molecule has 0 saturated carbocycles. The van der Waals surface area contributed by atoms with Gasteiger partial charge in [-0.2, -0.15) is 4.68 Å². The van der Waals surface area contributed by atoms with Gasteiger partial charge in [0.25, 0.3) is 0 Å². The minimum atomic E-state index is -0.208. The molecule has 3 aromatic rings. The van der Waals surface area contributed by atoms with E-state index in [1.165, 1.54) is 27.9 Å². The molecule has 4 nitrogen and oxygen atoms in total. The second-order valence-corrected chi connectivity index (χ2v) is 7.71. The van der Waals surface area contributed by atoms with Crippen LogP contribution in [-0.4, -0.2) is 16.8 Å². The molecule has 25 heavy (non-hydrogen) atoms. The Labute approximate surface area is 155 Å². The number of rotatable bonds is 6. The summed E-state index contributed by atoms with van der Waals surface area (Å²) in [6, 6.07) is 14.8. The predicted octanol–water partition coefficient (Wildman–Crippen LogP) is 3.54. The number of anilines is 2. The average molecular weight is 376 g/mol. The first-order chi connectivity index (χ1) is 12.0. The molecule has 1 aromatic heterocycles. The van der Waals surface area contributed by atoms with Crippen LogP contribution in [0.25, 0.3) is 0 Å². The molecule has 0 spiro atoms. The van der Waals surface area contributed by atoms with Crippen molar-refractivity contribution in [3.63, 3.8) is 0 Å². The Morgan fingerprint density at radius 1 is 1.24 bits per heavy atom. The summed E-state index contributed by atoms with van der Waals surface area (Å²) in [7, 11) is 2.04. The Hall–Kier alpha value is -2.09. The lowest BCUT2D eigenvalue weighted by Crippen LogP contribution is -3.07. The Morgan fingerprint density at radius 2 is 2.00 bits per heavy atom. The molecule has 1 atom stereocenters. The highest BCUT2D eigenvalue weighted by Crippen LogP contribution is 2.20. The quantitative estimate of drug-likeness (QED) is 0.647. The van der Waals surface area contributed by atoms with E-state index in [-0.39, 0.29) is 5.82 Å². The van der Waals surface area contributed by atoms with Crippen molar-refractivity contribution in [1.82, 2.24) is 9.78 Å². The van der Waals surface area contributed by atoms with E-state index in [2.05, 4.69) is 29.5 Å². The first-order valence-electron chi connectivity index (χ1n) is 7.97. The van der Waals surface area contributed by atoms with Gasteiger partial charge in [-0.15, -0.1) is 5.10 Å². The topological polar surface area (TPSA) is 34.3 Å². The number of quaternary nitrogens is 1. The van der Waals surface area contributed by atoms with Crippen LogP contribution in [0, 0.1) is 16.7 Å². The Bertz CT molecular complexity index is 902. The van der Waals surface area contributed by atoms with Gasteiger partial charge in [-0.1, -0.05) is 41.2 Å². The van der Waals surface area contributed by atoms with E-state index in [1.807, 2.05) is 29.9 Å². The zero-order chi connectivity index (χ0) is 17.8. The van der Waals surface area contributed by atoms with Crippen molar-refractivity contribution in [3.05, 3.63) is 69.4 Å². The van der Waals surface area contributed by atoms with Crippen LogP contribution in [0.5, 0.6) is 0 Å². The van der Waals surface area contributed by atoms with Crippen molar-refractivity contribution in [3.8, 4) is 0 Å². The second kappa shape index (κ2) is 7.86. The van der Waals surface area contributed by atoms with Gasteiger partial charge >= 0.3 is 0 Å². The van der Waals surface area contributed by atoms with Crippen LogP contribution in [0.15, 0.2) is 48.5 Å². The summed E-state index contributed by atoms with van der Waals surface area (Å²) in [6.45, 7) is 3.39. The third-order valence-corrected chi connectivity index (χ3v) is 4.95. The lowest BCUT2D eigenvalue weighted by Gasteiger charge is -2.13. The molecule has 130 valence electrons. The van der Waals surface area contributed by atoms with Crippen molar-refractivity contribution in [2.45, 2.75) is 20.1 Å². The summed E-state index contributed by atoms with van der Waals surface area (Å²) in [5, 5.41) is 8.61. The Kier molecular flexibility index (Phi) is 5.57. The largest absolute Gasteiger partial charge is 0.330 e. The summed E-state index contributed by atoms with van der Waals surface area (Å²) in [5.41, 5.74) is 3.16. The molecule has 2 aromatic carbocycles. The van der Waals surface area contributed by atoms with Gasteiger partial charge in [-0.05, 0) is 43.4 Å². The maximum absolute atomic E-state index is 13.3. The minimum absolute atomic E-state index is 0.208. The summed E-state index contributed by atoms with van der Waals surface area (Å²) in [4.78, 5) is 1.17. The summed E-state index contributed by atoms with van der Waals surface area (Å²) < 4.78 is 15.8. The van der Waals surface area contributed by atoms with Crippen LogP contribution in [0.4, 0.5) is 15.2 Å². The van der Waals surface area contributed by atoms with Crippen LogP contribution >= 0.6 is 23.6 Å². The van der Waals surface area contributed by atoms with E-state index in [0.717, 1.165) is 16.4 Å². The SMILES string of the molecule is Cc1ccc(Nc2nn(C[NH+](C)Cc3cccc(F)c3)c(=S)s2)cc1. The van der Waals surface area contributed by atoms with Crippen molar-refractivity contribution in [1.29, 1.82) is 0 Å². The average Bonchev–Trinajstić information content (AvgIpc) is 2.89. The number of nitrogens with zero attached hydrogens (tertiary/aromatic N) is 2. The van der Waals surface area contributed by atoms with Crippen LogP contribution < -0.4 is 10.2 Å². The van der Waals surface area contributed by atoms with Gasteiger partial charge in [-0.3, -0.25) is 0 Å². The fourth-order valence-corrected chi connectivity index (χ4v) is 3.55. The van der Waals surface area contributed by atoms with Crippen LogP contribution in [0.3, 0.4) is 0 Å². The van der Waals surface area contributed by atoms with Gasteiger partial charge in [0.05, 0.1) is 7.05 Å². The van der Waals surface area contributed by atoms with Crippen molar-refractivity contribution >= 4 is 34.4 Å². The third-order valence-electron chi connectivity index (χ3n) is 3.72. The third kappa shape index (κ3) is 4.94. The molecule has 0 aliphatic carbocycles. The van der Waals surface area contributed by atoms with Gasteiger partial charge in [-0.25, -0.2) is 4.39 Å². The zero-order valence-electron chi connectivity index (χ0n) is 14.1. The molecule has 0 aliphatic rings. The van der Waals surface area contributed by atoms with E-state index in [9.17, 15) is 4.39 Å². The van der Waals surface area contributed by atoms with Crippen LogP contribution in [0.1, 0.15) is 11.1 Å². The lowest BCUT2D eigenvalue weighted by molar-refractivity contribution is -0.917. The molecule has 1 heterocycles. The number of hydrogen-bond acceptors (Lipinski definition) is 4. The van der Waals surface area contributed by atoms with Crippen molar-refractivity contribution in [2.75, 3.05) is 12.4 Å². The number of aryl methyl sites for hydroxylation is 1. The highest BCUT2D eigenvalue weighted by atomic mass is 32.1. The normalized spacial score (nSPS) is 12.1. The second-order valence-electron chi connectivity index (χ2n) is 6.09. The predicted molar refractivity (Wildman–Crippen MR) is 102 cm³/mol. The summed E-state index contributed by atoms with van der Waals surface area (Å²) >= 11 is 6.87.